The third kappa shape index (κ3) is 5.76. The fourth-order valence-electron chi connectivity index (χ4n) is 3.02. The van der Waals surface area contributed by atoms with Gasteiger partial charge >= 0.3 is 6.18 Å². The summed E-state index contributed by atoms with van der Waals surface area (Å²) in [5.41, 5.74) is 0.806. The van der Waals surface area contributed by atoms with E-state index in [1.165, 1.54) is 6.92 Å². The molecule has 138 valence electrons. The lowest BCUT2D eigenvalue weighted by atomic mass is 9.95. The molecule has 1 N–H and O–H groups in total. The Labute approximate surface area is 145 Å². The van der Waals surface area contributed by atoms with Gasteiger partial charge in [-0.05, 0) is 31.2 Å². The zero-order valence-electron chi connectivity index (χ0n) is 14.2. The van der Waals surface area contributed by atoms with Crippen molar-refractivity contribution >= 4 is 11.8 Å². The molecule has 0 bridgehead atoms. The summed E-state index contributed by atoms with van der Waals surface area (Å²) in [6, 6.07) is 7.05. The number of carbonyl (C=O) groups is 2. The van der Waals surface area contributed by atoms with E-state index in [4.69, 9.17) is 0 Å². The Morgan fingerprint density at radius 1 is 1.20 bits per heavy atom. The number of carbonyl (C=O) groups excluding carboxylic acids is 2. The molecule has 1 saturated heterocycles. The molecular weight excluding hydrogens is 333 g/mol. The number of amides is 2. The topological polar surface area (TPSA) is 49.4 Å². The normalized spacial score (nSPS) is 17.2. The minimum absolute atomic E-state index is 0.0742. The Morgan fingerprint density at radius 2 is 1.80 bits per heavy atom. The number of likely N-dealkylation sites (tertiary alicyclic amines) is 1. The van der Waals surface area contributed by atoms with E-state index in [9.17, 15) is 22.8 Å². The van der Waals surface area contributed by atoms with E-state index in [0.29, 0.717) is 25.9 Å². The van der Waals surface area contributed by atoms with Crippen LogP contribution in [-0.4, -0.2) is 42.0 Å². The number of halogens is 3. The molecule has 0 aliphatic carbocycles. The lowest BCUT2D eigenvalue weighted by molar-refractivity contribution is -0.164. The van der Waals surface area contributed by atoms with Gasteiger partial charge < -0.3 is 10.2 Å². The number of alkyl halides is 3. The number of nitrogens with one attached hydrogen (secondary N) is 1. The van der Waals surface area contributed by atoms with Gasteiger partial charge in [-0.3, -0.25) is 9.59 Å². The van der Waals surface area contributed by atoms with Gasteiger partial charge in [0, 0.05) is 25.9 Å². The first-order chi connectivity index (χ1) is 11.8. The number of piperidine rings is 1. The lowest BCUT2D eigenvalue weighted by Gasteiger charge is -2.32. The van der Waals surface area contributed by atoms with Crippen LogP contribution >= 0.6 is 0 Å². The van der Waals surface area contributed by atoms with Gasteiger partial charge in [-0.25, -0.2) is 0 Å². The highest BCUT2D eigenvalue weighted by molar-refractivity contribution is 5.80. The van der Waals surface area contributed by atoms with Crippen LogP contribution < -0.4 is 5.32 Å². The minimum Gasteiger partial charge on any atom is -0.344 e. The number of aryl methyl sites for hydroxylation is 1. The molecular formula is C18H23F3N2O2. The smallest absolute Gasteiger partial charge is 0.344 e. The molecule has 2 rings (SSSR count). The highest BCUT2D eigenvalue weighted by Gasteiger charge is 2.41. The van der Waals surface area contributed by atoms with E-state index in [1.807, 2.05) is 0 Å². The van der Waals surface area contributed by atoms with Crippen LogP contribution in [0, 0.1) is 5.92 Å². The van der Waals surface area contributed by atoms with Gasteiger partial charge in [-0.15, -0.1) is 0 Å². The second-order valence-corrected chi connectivity index (χ2v) is 6.41. The molecule has 0 aromatic heterocycles. The van der Waals surface area contributed by atoms with Crippen LogP contribution in [0.1, 0.15) is 31.7 Å². The molecule has 1 aromatic carbocycles. The van der Waals surface area contributed by atoms with Crippen molar-refractivity contribution < 1.29 is 22.8 Å². The maximum atomic E-state index is 13.3. The van der Waals surface area contributed by atoms with E-state index < -0.39 is 24.0 Å². The maximum Gasteiger partial charge on any atom is 0.408 e. The third-order valence-corrected chi connectivity index (χ3v) is 4.59. The summed E-state index contributed by atoms with van der Waals surface area (Å²) in [5.74, 6) is -1.12. The molecule has 2 amide bonds. The molecule has 0 spiro atoms. The average molecular weight is 356 g/mol. The summed E-state index contributed by atoms with van der Waals surface area (Å²) in [7, 11) is 0. The predicted molar refractivity (Wildman–Crippen MR) is 87.7 cm³/mol. The predicted octanol–water partition coefficient (Wildman–Crippen LogP) is 2.92. The molecule has 4 nitrogen and oxygen atoms in total. The van der Waals surface area contributed by atoms with E-state index in [-0.39, 0.29) is 18.7 Å². The first-order valence-electron chi connectivity index (χ1n) is 8.44. The summed E-state index contributed by atoms with van der Waals surface area (Å²) >= 11 is 0. The Balaban J connectivity index is 1.91. The van der Waals surface area contributed by atoms with Gasteiger partial charge in [0.25, 0.3) is 0 Å². The average Bonchev–Trinajstić information content (AvgIpc) is 2.58. The van der Waals surface area contributed by atoms with Crippen LogP contribution in [-0.2, 0) is 16.0 Å². The fourth-order valence-corrected chi connectivity index (χ4v) is 3.02. The first-order valence-corrected chi connectivity index (χ1v) is 8.44. The molecule has 1 aliphatic rings. The van der Waals surface area contributed by atoms with E-state index >= 15 is 0 Å². The Hall–Kier alpha value is -2.05. The number of benzene rings is 1. The van der Waals surface area contributed by atoms with Gasteiger partial charge in [-0.1, -0.05) is 30.3 Å². The molecule has 1 aromatic rings. The van der Waals surface area contributed by atoms with Crippen LogP contribution in [0.2, 0.25) is 0 Å². The summed E-state index contributed by atoms with van der Waals surface area (Å²) in [5, 5.41) is 2.17. The molecule has 0 saturated carbocycles. The van der Waals surface area contributed by atoms with Crippen LogP contribution in [0.25, 0.3) is 0 Å². The molecule has 1 fully saturated rings. The van der Waals surface area contributed by atoms with Crippen molar-refractivity contribution in [3.05, 3.63) is 35.9 Å². The van der Waals surface area contributed by atoms with Gasteiger partial charge in [-0.2, -0.15) is 13.2 Å². The minimum atomic E-state index is -4.48. The van der Waals surface area contributed by atoms with E-state index in [2.05, 4.69) is 5.32 Å². The molecule has 1 atom stereocenters. The first kappa shape index (κ1) is 19.3. The highest BCUT2D eigenvalue weighted by atomic mass is 19.4. The summed E-state index contributed by atoms with van der Waals surface area (Å²) in [6.45, 7) is 2.27. The van der Waals surface area contributed by atoms with E-state index in [1.54, 1.807) is 35.2 Å². The Bertz CT molecular complexity index is 582. The van der Waals surface area contributed by atoms with Crippen LogP contribution in [0.15, 0.2) is 30.3 Å². The zero-order valence-corrected chi connectivity index (χ0v) is 14.2. The Morgan fingerprint density at radius 3 is 2.32 bits per heavy atom. The number of hydrogen-bond acceptors (Lipinski definition) is 2. The fraction of sp³-hybridized carbons (Fsp3) is 0.556. The molecule has 0 unspecified atom stereocenters. The summed E-state index contributed by atoms with van der Waals surface area (Å²) in [6.07, 6.45) is -3.63. The van der Waals surface area contributed by atoms with Crippen molar-refractivity contribution in [2.75, 3.05) is 13.1 Å². The number of rotatable bonds is 5. The third-order valence-electron chi connectivity index (χ3n) is 4.59. The van der Waals surface area contributed by atoms with Gasteiger partial charge in [0.1, 0.15) is 6.04 Å². The van der Waals surface area contributed by atoms with Crippen molar-refractivity contribution in [2.45, 2.75) is 44.8 Å². The SMILES string of the molecule is CC(=O)N1CCC(C(=O)N[C@H](CCc2ccccc2)C(F)(F)F)CC1. The van der Waals surface area contributed by atoms with Crippen molar-refractivity contribution in [2.24, 2.45) is 5.92 Å². The van der Waals surface area contributed by atoms with Crippen LogP contribution in [0.4, 0.5) is 13.2 Å². The van der Waals surface area contributed by atoms with Crippen molar-refractivity contribution in [1.82, 2.24) is 10.2 Å². The van der Waals surface area contributed by atoms with Crippen molar-refractivity contribution in [3.63, 3.8) is 0 Å². The maximum absolute atomic E-state index is 13.3. The van der Waals surface area contributed by atoms with Crippen molar-refractivity contribution in [1.29, 1.82) is 0 Å². The largest absolute Gasteiger partial charge is 0.408 e. The van der Waals surface area contributed by atoms with Crippen molar-refractivity contribution in [3.8, 4) is 0 Å². The lowest BCUT2D eigenvalue weighted by Crippen LogP contribution is -2.49. The van der Waals surface area contributed by atoms with Gasteiger partial charge in [0.15, 0.2) is 0 Å². The zero-order chi connectivity index (χ0) is 18.4. The number of hydrogen-bond donors (Lipinski definition) is 1. The monoisotopic (exact) mass is 356 g/mol. The van der Waals surface area contributed by atoms with Crippen LogP contribution in [0.5, 0.6) is 0 Å². The summed E-state index contributed by atoms with van der Waals surface area (Å²) in [4.78, 5) is 25.1. The number of nitrogens with zero attached hydrogens (tertiary/aromatic N) is 1. The standard InChI is InChI=1S/C18H23F3N2O2/c1-13(24)23-11-9-15(10-12-23)17(25)22-16(18(19,20)21)8-7-14-5-3-2-4-6-14/h2-6,15-16H,7-12H2,1H3,(H,22,25)/t16-/m1/s1. The van der Waals surface area contributed by atoms with Gasteiger partial charge in [0.2, 0.25) is 11.8 Å². The molecule has 0 radical (unpaired) electrons. The second-order valence-electron chi connectivity index (χ2n) is 6.41. The Kier molecular flexibility index (Phi) is 6.45. The quantitative estimate of drug-likeness (QED) is 0.882. The summed E-state index contributed by atoms with van der Waals surface area (Å²) < 4.78 is 39.8. The highest BCUT2D eigenvalue weighted by Crippen LogP contribution is 2.25. The molecule has 25 heavy (non-hydrogen) atoms. The molecule has 1 heterocycles. The molecule has 1 aliphatic heterocycles. The van der Waals surface area contributed by atoms with E-state index in [0.717, 1.165) is 5.56 Å². The second kappa shape index (κ2) is 8.36. The van der Waals surface area contributed by atoms with Gasteiger partial charge in [0.05, 0.1) is 0 Å². The molecule has 7 heteroatoms. The van der Waals surface area contributed by atoms with Crippen LogP contribution in [0.3, 0.4) is 0 Å².